The summed E-state index contributed by atoms with van der Waals surface area (Å²) >= 11 is 0. The minimum absolute atomic E-state index is 0.148. The van der Waals surface area contributed by atoms with Crippen LogP contribution in [0.1, 0.15) is 73.6 Å². The van der Waals surface area contributed by atoms with Gasteiger partial charge < -0.3 is 0 Å². The van der Waals surface area contributed by atoms with Crippen LogP contribution in [0.5, 0.6) is 0 Å². The summed E-state index contributed by atoms with van der Waals surface area (Å²) in [4.78, 5) is 25.6. The molecule has 0 aromatic heterocycles. The molecule has 1 aliphatic carbocycles. The van der Waals surface area contributed by atoms with E-state index in [1.807, 2.05) is 41.5 Å². The first-order valence-electron chi connectivity index (χ1n) is 7.12. The van der Waals surface area contributed by atoms with Crippen molar-refractivity contribution >= 4 is 11.6 Å². The van der Waals surface area contributed by atoms with Crippen molar-refractivity contribution in [2.24, 2.45) is 16.2 Å². The topological polar surface area (TPSA) is 34.1 Å². The normalized spacial score (nSPS) is 20.6. The number of Topliss-reactive ketones (excluding diaryl/α,β-unsaturated/α-hetero) is 2. The van der Waals surface area contributed by atoms with Crippen molar-refractivity contribution in [2.45, 2.75) is 73.6 Å². The third-order valence-electron chi connectivity index (χ3n) is 3.94. The molecule has 0 amide bonds. The van der Waals surface area contributed by atoms with Gasteiger partial charge in [0.25, 0.3) is 0 Å². The first-order valence-corrected chi connectivity index (χ1v) is 7.12. The van der Waals surface area contributed by atoms with Crippen LogP contribution < -0.4 is 0 Å². The Balaban J connectivity index is 3.19. The van der Waals surface area contributed by atoms with E-state index in [0.29, 0.717) is 0 Å². The molecule has 0 spiro atoms. The average molecular weight is 252 g/mol. The van der Waals surface area contributed by atoms with Crippen LogP contribution in [-0.4, -0.2) is 11.6 Å². The molecule has 0 unspecified atom stereocenters. The summed E-state index contributed by atoms with van der Waals surface area (Å²) in [6.45, 7) is 11.6. The highest BCUT2D eigenvalue weighted by atomic mass is 16.2. The number of carbonyl (C=O) groups is 2. The van der Waals surface area contributed by atoms with Gasteiger partial charge >= 0.3 is 0 Å². The second-order valence-corrected chi connectivity index (χ2v) is 7.80. The van der Waals surface area contributed by atoms with Crippen molar-refractivity contribution in [2.75, 3.05) is 0 Å². The quantitative estimate of drug-likeness (QED) is 0.691. The second kappa shape index (κ2) is 4.79. The lowest BCUT2D eigenvalue weighted by Crippen LogP contribution is -2.50. The minimum Gasteiger partial charge on any atom is -0.298 e. The SMILES string of the molecule is CC(C)(C)C(=O)C1(C(=O)C(C)(C)C)CCCCC1. The van der Waals surface area contributed by atoms with Gasteiger partial charge in [-0.1, -0.05) is 60.8 Å². The van der Waals surface area contributed by atoms with Gasteiger partial charge in [0.15, 0.2) is 11.6 Å². The Labute approximate surface area is 112 Å². The van der Waals surface area contributed by atoms with Gasteiger partial charge in [0, 0.05) is 10.8 Å². The van der Waals surface area contributed by atoms with E-state index in [-0.39, 0.29) is 11.6 Å². The van der Waals surface area contributed by atoms with E-state index in [1.54, 1.807) is 0 Å². The van der Waals surface area contributed by atoms with Gasteiger partial charge in [0.1, 0.15) is 0 Å². The third-order valence-corrected chi connectivity index (χ3v) is 3.94. The van der Waals surface area contributed by atoms with Crippen molar-refractivity contribution in [3.8, 4) is 0 Å². The molecule has 0 aliphatic heterocycles. The van der Waals surface area contributed by atoms with Gasteiger partial charge in [-0.2, -0.15) is 0 Å². The van der Waals surface area contributed by atoms with E-state index in [2.05, 4.69) is 0 Å². The molecule has 0 atom stereocenters. The standard InChI is InChI=1S/C16H28O2/c1-14(2,3)12(17)16(10-8-7-9-11-16)13(18)15(4,5)6/h7-11H2,1-6H3. The summed E-state index contributed by atoms with van der Waals surface area (Å²) in [6.07, 6.45) is 4.66. The Morgan fingerprint density at radius 3 is 1.33 bits per heavy atom. The molecular weight excluding hydrogens is 224 g/mol. The van der Waals surface area contributed by atoms with E-state index in [4.69, 9.17) is 0 Å². The van der Waals surface area contributed by atoms with Crippen LogP contribution in [0, 0.1) is 16.2 Å². The molecule has 1 fully saturated rings. The summed E-state index contributed by atoms with van der Waals surface area (Å²) in [5.41, 5.74) is -1.58. The number of hydrogen-bond acceptors (Lipinski definition) is 2. The van der Waals surface area contributed by atoms with Gasteiger partial charge in [-0.3, -0.25) is 9.59 Å². The zero-order chi connectivity index (χ0) is 14.2. The molecule has 0 saturated heterocycles. The zero-order valence-electron chi connectivity index (χ0n) is 12.9. The average Bonchev–Trinajstić information content (AvgIpc) is 2.25. The van der Waals surface area contributed by atoms with E-state index in [1.165, 1.54) is 0 Å². The molecule has 1 rings (SSSR count). The lowest BCUT2D eigenvalue weighted by atomic mass is 9.58. The molecule has 1 saturated carbocycles. The van der Waals surface area contributed by atoms with Gasteiger partial charge in [-0.25, -0.2) is 0 Å². The van der Waals surface area contributed by atoms with Gasteiger partial charge in [0.2, 0.25) is 0 Å². The zero-order valence-corrected chi connectivity index (χ0v) is 12.9. The fourth-order valence-electron chi connectivity index (χ4n) is 3.15. The predicted molar refractivity (Wildman–Crippen MR) is 74.4 cm³/mol. The molecule has 0 bridgehead atoms. The maximum absolute atomic E-state index is 12.8. The number of hydrogen-bond donors (Lipinski definition) is 0. The molecule has 0 heterocycles. The van der Waals surface area contributed by atoms with Crippen molar-refractivity contribution in [1.82, 2.24) is 0 Å². The number of rotatable bonds is 2. The molecule has 0 N–H and O–H groups in total. The highest BCUT2D eigenvalue weighted by molar-refractivity contribution is 6.10. The second-order valence-electron chi connectivity index (χ2n) is 7.80. The van der Waals surface area contributed by atoms with Crippen LogP contribution >= 0.6 is 0 Å². The largest absolute Gasteiger partial charge is 0.298 e. The summed E-state index contributed by atoms with van der Waals surface area (Å²) in [5, 5.41) is 0. The fraction of sp³-hybridized carbons (Fsp3) is 0.875. The lowest BCUT2D eigenvalue weighted by molar-refractivity contribution is -0.153. The van der Waals surface area contributed by atoms with Crippen LogP contribution in [0.2, 0.25) is 0 Å². The molecular formula is C16H28O2. The van der Waals surface area contributed by atoms with Gasteiger partial charge in [-0.15, -0.1) is 0 Å². The molecule has 18 heavy (non-hydrogen) atoms. The Morgan fingerprint density at radius 1 is 0.722 bits per heavy atom. The number of carbonyl (C=O) groups excluding carboxylic acids is 2. The van der Waals surface area contributed by atoms with Crippen LogP contribution in [0.15, 0.2) is 0 Å². The smallest absolute Gasteiger partial charge is 0.151 e. The highest BCUT2D eigenvalue weighted by Crippen LogP contribution is 2.46. The fourth-order valence-corrected chi connectivity index (χ4v) is 3.15. The molecule has 0 radical (unpaired) electrons. The monoisotopic (exact) mass is 252 g/mol. The first kappa shape index (κ1) is 15.4. The van der Waals surface area contributed by atoms with E-state index in [0.717, 1.165) is 32.1 Å². The van der Waals surface area contributed by atoms with Crippen LogP contribution in [0.4, 0.5) is 0 Å². The Kier molecular flexibility index (Phi) is 4.10. The first-order chi connectivity index (χ1) is 8.02. The van der Waals surface area contributed by atoms with Crippen LogP contribution in [0.3, 0.4) is 0 Å². The molecule has 1 aliphatic rings. The molecule has 0 aromatic carbocycles. The molecule has 0 aromatic rings. The van der Waals surface area contributed by atoms with Gasteiger partial charge in [-0.05, 0) is 12.8 Å². The van der Waals surface area contributed by atoms with Crippen LogP contribution in [-0.2, 0) is 9.59 Å². The summed E-state index contributed by atoms with van der Waals surface area (Å²) < 4.78 is 0. The molecule has 2 nitrogen and oxygen atoms in total. The van der Waals surface area contributed by atoms with Gasteiger partial charge in [0.05, 0.1) is 5.41 Å². The van der Waals surface area contributed by atoms with Crippen molar-refractivity contribution < 1.29 is 9.59 Å². The Bertz CT molecular complexity index is 305. The summed E-state index contributed by atoms with van der Waals surface area (Å²) in [6, 6.07) is 0. The molecule has 2 heteroatoms. The van der Waals surface area contributed by atoms with E-state index in [9.17, 15) is 9.59 Å². The van der Waals surface area contributed by atoms with Crippen molar-refractivity contribution in [3.05, 3.63) is 0 Å². The summed E-state index contributed by atoms with van der Waals surface area (Å²) in [7, 11) is 0. The Hall–Kier alpha value is -0.660. The van der Waals surface area contributed by atoms with Crippen molar-refractivity contribution in [3.63, 3.8) is 0 Å². The Morgan fingerprint density at radius 2 is 1.06 bits per heavy atom. The van der Waals surface area contributed by atoms with Crippen LogP contribution in [0.25, 0.3) is 0 Å². The number of ketones is 2. The summed E-state index contributed by atoms with van der Waals surface area (Å²) in [5.74, 6) is 0.296. The highest BCUT2D eigenvalue weighted by Gasteiger charge is 2.52. The van der Waals surface area contributed by atoms with Crippen molar-refractivity contribution in [1.29, 1.82) is 0 Å². The lowest BCUT2D eigenvalue weighted by Gasteiger charge is -2.42. The van der Waals surface area contributed by atoms with E-state index < -0.39 is 16.2 Å². The predicted octanol–water partition coefficient (Wildman–Crippen LogP) is 4.17. The van der Waals surface area contributed by atoms with E-state index >= 15 is 0 Å². The molecule has 104 valence electrons. The maximum Gasteiger partial charge on any atom is 0.151 e. The maximum atomic E-state index is 12.8. The minimum atomic E-state index is -0.714. The third kappa shape index (κ3) is 2.84.